The molecule has 1 saturated carbocycles. The molecule has 0 bridgehead atoms. The maximum Gasteiger partial charge on any atom is 0.317 e. The highest BCUT2D eigenvalue weighted by atomic mass is 32.2. The number of rotatable bonds is 6. The van der Waals surface area contributed by atoms with Crippen LogP contribution in [-0.4, -0.2) is 29.3 Å². The molecule has 0 radical (unpaired) electrons. The Kier molecular flexibility index (Phi) is 6.98. The van der Waals surface area contributed by atoms with Crippen molar-refractivity contribution in [2.45, 2.75) is 55.6 Å². The van der Waals surface area contributed by atoms with Crippen LogP contribution in [0, 0.1) is 23.0 Å². The number of thioether (sulfide) groups is 1. The maximum absolute atomic E-state index is 13.5. The van der Waals surface area contributed by atoms with Crippen LogP contribution in [-0.2, 0) is 14.3 Å². The average molecular weight is 382 g/mol. The molecule has 5 nitrogen and oxygen atoms in total. The zero-order chi connectivity index (χ0) is 19.2. The molecule has 1 aromatic rings. The molecule has 1 aliphatic carbocycles. The molecule has 2 rings (SSSR count). The summed E-state index contributed by atoms with van der Waals surface area (Å²) in [6, 6.07) is 5.11. The highest BCUT2D eigenvalue weighted by Gasteiger charge is 2.35. The van der Waals surface area contributed by atoms with Gasteiger partial charge in [-0.15, -0.1) is 11.8 Å². The van der Waals surface area contributed by atoms with Gasteiger partial charge in [-0.3, -0.25) is 9.59 Å². The summed E-state index contributed by atoms with van der Waals surface area (Å²) in [6.07, 6.45) is 2.82. The van der Waals surface area contributed by atoms with Gasteiger partial charge >= 0.3 is 5.97 Å². The third-order valence-electron chi connectivity index (χ3n) is 4.20. The molecule has 1 fully saturated rings. The summed E-state index contributed by atoms with van der Waals surface area (Å²) in [5.74, 6) is -2.77. The Labute approximate surface area is 155 Å². The lowest BCUT2D eigenvalue weighted by molar-refractivity contribution is -0.152. The Morgan fingerprint density at radius 2 is 2.04 bits per heavy atom. The van der Waals surface area contributed by atoms with Crippen molar-refractivity contribution < 1.29 is 23.1 Å². The topological polar surface area (TPSA) is 79.2 Å². The van der Waals surface area contributed by atoms with Crippen molar-refractivity contribution in [2.24, 2.45) is 0 Å². The number of amides is 1. The van der Waals surface area contributed by atoms with Crippen LogP contribution in [0.2, 0.25) is 0 Å². The monoisotopic (exact) mass is 382 g/mol. The van der Waals surface area contributed by atoms with E-state index in [0.717, 1.165) is 49.2 Å². The number of hydrogen-bond donors (Lipinski definition) is 1. The van der Waals surface area contributed by atoms with E-state index in [2.05, 4.69) is 11.4 Å². The molecule has 1 amide bonds. The van der Waals surface area contributed by atoms with Crippen LogP contribution in [0.5, 0.6) is 0 Å². The highest BCUT2D eigenvalue weighted by Crippen LogP contribution is 2.28. The summed E-state index contributed by atoms with van der Waals surface area (Å²) in [4.78, 5) is 24.1. The van der Waals surface area contributed by atoms with Gasteiger partial charge in [-0.25, -0.2) is 8.78 Å². The number of carbonyl (C=O) groups excluding carboxylic acids is 2. The Morgan fingerprint density at radius 3 is 2.69 bits per heavy atom. The highest BCUT2D eigenvalue weighted by molar-refractivity contribution is 8.00. The number of nitrogens with one attached hydrogen (secondary N) is 1. The number of hydrogen-bond acceptors (Lipinski definition) is 5. The molecule has 1 atom stereocenters. The second kappa shape index (κ2) is 8.99. The van der Waals surface area contributed by atoms with Crippen molar-refractivity contribution in [1.82, 2.24) is 5.32 Å². The molecule has 0 aliphatic heterocycles. The molecule has 26 heavy (non-hydrogen) atoms. The fourth-order valence-corrected chi connectivity index (χ4v) is 3.51. The molecule has 0 heterocycles. The van der Waals surface area contributed by atoms with Gasteiger partial charge in [0.05, 0.1) is 11.8 Å². The summed E-state index contributed by atoms with van der Waals surface area (Å²) in [6.45, 7) is 1.41. The Bertz CT molecular complexity index is 715. The molecule has 0 spiro atoms. The van der Waals surface area contributed by atoms with Gasteiger partial charge in [0.25, 0.3) is 5.91 Å². The zero-order valence-electron chi connectivity index (χ0n) is 14.4. The van der Waals surface area contributed by atoms with Crippen LogP contribution in [0.4, 0.5) is 8.78 Å². The number of nitriles is 1. The zero-order valence-corrected chi connectivity index (χ0v) is 15.2. The minimum atomic E-state index is -1.08. The summed E-state index contributed by atoms with van der Waals surface area (Å²) < 4.78 is 31.7. The summed E-state index contributed by atoms with van der Waals surface area (Å²) in [5, 5.41) is 12.1. The number of esters is 1. The van der Waals surface area contributed by atoms with E-state index >= 15 is 0 Å². The Morgan fingerprint density at radius 1 is 1.35 bits per heavy atom. The molecule has 8 heteroatoms. The first kappa shape index (κ1) is 20.2. The lowest BCUT2D eigenvalue weighted by atomic mass is 9.83. The maximum atomic E-state index is 13.5. The lowest BCUT2D eigenvalue weighted by Crippen LogP contribution is -2.52. The van der Waals surface area contributed by atoms with E-state index < -0.39 is 35.2 Å². The molecule has 0 saturated heterocycles. The van der Waals surface area contributed by atoms with Crippen molar-refractivity contribution in [3.8, 4) is 6.07 Å². The first-order valence-electron chi connectivity index (χ1n) is 8.36. The molecule has 1 aromatic carbocycles. The largest absolute Gasteiger partial charge is 0.452 e. The van der Waals surface area contributed by atoms with E-state index in [0.29, 0.717) is 12.8 Å². The van der Waals surface area contributed by atoms with Gasteiger partial charge in [0, 0.05) is 4.90 Å². The van der Waals surface area contributed by atoms with Gasteiger partial charge in [0.1, 0.15) is 17.2 Å². The van der Waals surface area contributed by atoms with E-state index in [9.17, 15) is 23.6 Å². The number of halogens is 2. The van der Waals surface area contributed by atoms with Crippen molar-refractivity contribution in [1.29, 1.82) is 5.26 Å². The fourth-order valence-electron chi connectivity index (χ4n) is 2.77. The van der Waals surface area contributed by atoms with Crippen LogP contribution < -0.4 is 5.32 Å². The van der Waals surface area contributed by atoms with Gasteiger partial charge < -0.3 is 10.1 Å². The predicted molar refractivity (Wildman–Crippen MR) is 92.2 cm³/mol. The Balaban J connectivity index is 1.85. The standard InChI is InChI=1S/C18H20F2N2O3S/c1-12(17(24)22-18(11-21)7-3-2-4-8-18)25-16(23)10-26-15-9-13(19)5-6-14(15)20/h5-6,9,12H,2-4,7-8,10H2,1H3,(H,22,24)/t12-/m1/s1. The molecule has 1 N–H and O–H groups in total. The van der Waals surface area contributed by atoms with Gasteiger partial charge in [-0.05, 0) is 38.0 Å². The van der Waals surface area contributed by atoms with E-state index in [1.807, 2.05) is 0 Å². The molecule has 140 valence electrons. The van der Waals surface area contributed by atoms with E-state index in [1.54, 1.807) is 0 Å². The number of carbonyl (C=O) groups is 2. The van der Waals surface area contributed by atoms with Crippen molar-refractivity contribution >= 4 is 23.6 Å². The van der Waals surface area contributed by atoms with E-state index in [1.165, 1.54) is 6.92 Å². The number of benzene rings is 1. The molecule has 1 aliphatic rings. The average Bonchev–Trinajstić information content (AvgIpc) is 2.63. The lowest BCUT2D eigenvalue weighted by Gasteiger charge is -2.32. The molecule has 0 aromatic heterocycles. The minimum absolute atomic E-state index is 0.00954. The van der Waals surface area contributed by atoms with Gasteiger partial charge in [0.15, 0.2) is 6.10 Å². The predicted octanol–water partition coefficient (Wildman–Crippen LogP) is 3.33. The quantitative estimate of drug-likeness (QED) is 0.603. The third kappa shape index (κ3) is 5.43. The van der Waals surface area contributed by atoms with Crippen LogP contribution in [0.3, 0.4) is 0 Å². The second-order valence-corrected chi connectivity index (χ2v) is 7.26. The van der Waals surface area contributed by atoms with Crippen molar-refractivity contribution in [2.75, 3.05) is 5.75 Å². The number of ether oxygens (including phenoxy) is 1. The number of nitrogens with zero attached hydrogens (tertiary/aromatic N) is 1. The fraction of sp³-hybridized carbons (Fsp3) is 0.500. The molecule has 0 unspecified atom stereocenters. The van der Waals surface area contributed by atoms with E-state index in [4.69, 9.17) is 4.74 Å². The van der Waals surface area contributed by atoms with Crippen molar-refractivity contribution in [3.63, 3.8) is 0 Å². The first-order chi connectivity index (χ1) is 12.3. The summed E-state index contributed by atoms with van der Waals surface area (Å²) >= 11 is 0.789. The van der Waals surface area contributed by atoms with Crippen molar-refractivity contribution in [3.05, 3.63) is 29.8 Å². The summed E-state index contributed by atoms with van der Waals surface area (Å²) in [5.41, 5.74) is -0.907. The summed E-state index contributed by atoms with van der Waals surface area (Å²) in [7, 11) is 0. The third-order valence-corrected chi connectivity index (χ3v) is 5.20. The van der Waals surface area contributed by atoms with Crippen LogP contribution in [0.15, 0.2) is 23.1 Å². The van der Waals surface area contributed by atoms with Crippen LogP contribution >= 0.6 is 11.8 Å². The normalized spacial score (nSPS) is 17.0. The van der Waals surface area contributed by atoms with Crippen LogP contribution in [0.1, 0.15) is 39.0 Å². The smallest absolute Gasteiger partial charge is 0.317 e. The van der Waals surface area contributed by atoms with E-state index in [-0.39, 0.29) is 10.6 Å². The van der Waals surface area contributed by atoms with Gasteiger partial charge in [-0.2, -0.15) is 5.26 Å². The molecular weight excluding hydrogens is 362 g/mol. The second-order valence-electron chi connectivity index (χ2n) is 6.24. The van der Waals surface area contributed by atoms with Gasteiger partial charge in [0.2, 0.25) is 0 Å². The Hall–Kier alpha value is -2.14. The van der Waals surface area contributed by atoms with Crippen LogP contribution in [0.25, 0.3) is 0 Å². The SMILES string of the molecule is C[C@@H](OC(=O)CSc1cc(F)ccc1F)C(=O)NC1(C#N)CCCCC1. The first-order valence-corrected chi connectivity index (χ1v) is 9.34. The minimum Gasteiger partial charge on any atom is -0.452 e. The van der Waals surface area contributed by atoms with Gasteiger partial charge in [-0.1, -0.05) is 19.3 Å². The molecular formula is C18H20F2N2O3S.